The van der Waals surface area contributed by atoms with Crippen molar-refractivity contribution in [2.75, 3.05) is 26.2 Å². The van der Waals surface area contributed by atoms with E-state index in [9.17, 15) is 38.4 Å². The Hall–Kier alpha value is -5.48. The molecule has 56 heavy (non-hydrogen) atoms. The Bertz CT molecular complexity index is 1540. The predicted octanol–water partition coefficient (Wildman–Crippen LogP) is 4.11. The van der Waals surface area contributed by atoms with Crippen molar-refractivity contribution in [2.45, 2.75) is 104 Å². The van der Waals surface area contributed by atoms with E-state index in [0.29, 0.717) is 50.8 Å². The van der Waals surface area contributed by atoms with E-state index < -0.39 is 47.9 Å². The van der Waals surface area contributed by atoms with Crippen molar-refractivity contribution in [3.63, 3.8) is 0 Å². The van der Waals surface area contributed by atoms with Crippen LogP contribution in [0.15, 0.2) is 60.7 Å². The molecule has 16 nitrogen and oxygen atoms in total. The average molecular weight is 785 g/mol. The van der Waals surface area contributed by atoms with Crippen LogP contribution in [0.4, 0.5) is 9.59 Å². The molecule has 2 heterocycles. The summed E-state index contributed by atoms with van der Waals surface area (Å²) in [5.74, 6) is -3.09. The molecule has 2 amide bonds. The summed E-state index contributed by atoms with van der Waals surface area (Å²) in [6.07, 6.45) is -0.229. The van der Waals surface area contributed by atoms with Crippen molar-refractivity contribution >= 4 is 48.3 Å². The van der Waals surface area contributed by atoms with Gasteiger partial charge in [-0.25, -0.2) is 9.59 Å². The van der Waals surface area contributed by atoms with E-state index in [1.54, 1.807) is 25.7 Å². The topological polar surface area (TPSA) is 231 Å². The second-order valence-corrected chi connectivity index (χ2v) is 14.9. The summed E-state index contributed by atoms with van der Waals surface area (Å²) < 4.78 is 10.5. The van der Waals surface area contributed by atoms with Gasteiger partial charge in [0.15, 0.2) is 5.78 Å². The zero-order chi connectivity index (χ0) is 42.5. The Labute approximate surface area is 327 Å². The number of carbonyl (C=O) groups is 8. The number of amides is 2. The van der Waals surface area contributed by atoms with Gasteiger partial charge in [0.05, 0.1) is 13.1 Å². The minimum atomic E-state index is -1.30. The molecule has 2 saturated heterocycles. The minimum Gasteiger partial charge on any atom is -0.481 e. The molecule has 2 aromatic carbocycles. The van der Waals surface area contributed by atoms with Crippen molar-refractivity contribution in [2.24, 2.45) is 5.73 Å². The monoisotopic (exact) mass is 784 g/mol. The summed E-state index contributed by atoms with van der Waals surface area (Å²) in [7, 11) is 0. The molecule has 2 bridgehead atoms. The van der Waals surface area contributed by atoms with Gasteiger partial charge in [-0.2, -0.15) is 0 Å². The standard InChI is InChI=1S/C19H26N2O3.C9H15NO4.C7H9N.C5H6O5/c1-19(2,3)24-18(23)20-12-15-9-17(22)10-16(13-20)21(15)11-14-7-5-4-6-8-14;1-9(2,3)14-8(13)10(4-6-11)5-7-12;8-6-7-4-2-1-3-5-7;6-3(1-4(7)8)2-5(9)10/h4-8,15-16H,9-13H2,1-3H3;6-7H,4-5H2,1-3H3;1-5H,6,8H2;1-2H2,(H,7,8)(H,9,10). The van der Waals surface area contributed by atoms with Crippen LogP contribution in [-0.2, 0) is 51.3 Å². The molecule has 2 aromatic rings. The molecule has 308 valence electrons. The summed E-state index contributed by atoms with van der Waals surface area (Å²) in [4.78, 5) is 91.2. The Balaban J connectivity index is 0.000000416. The van der Waals surface area contributed by atoms with Crippen LogP contribution in [0.5, 0.6) is 0 Å². The first kappa shape index (κ1) is 48.5. The van der Waals surface area contributed by atoms with Gasteiger partial charge < -0.3 is 39.9 Å². The van der Waals surface area contributed by atoms with Crippen molar-refractivity contribution in [3.8, 4) is 0 Å². The molecule has 0 aromatic heterocycles. The number of hydrogen-bond acceptors (Lipinski definition) is 12. The summed E-state index contributed by atoms with van der Waals surface area (Å²) in [5, 5.41) is 16.0. The number of fused-ring (bicyclic) bond motifs is 2. The predicted molar refractivity (Wildman–Crippen MR) is 205 cm³/mol. The number of piperidine rings is 1. The molecule has 4 rings (SSSR count). The summed E-state index contributed by atoms with van der Waals surface area (Å²) in [6, 6.07) is 20.4. The number of likely N-dealkylation sites (tertiary alicyclic amines) is 1. The van der Waals surface area contributed by atoms with Crippen molar-refractivity contribution in [1.82, 2.24) is 14.7 Å². The van der Waals surface area contributed by atoms with Crippen LogP contribution in [0.25, 0.3) is 0 Å². The number of nitrogens with two attached hydrogens (primary N) is 1. The molecular weight excluding hydrogens is 728 g/mol. The average Bonchev–Trinajstić information content (AvgIpc) is 3.08. The highest BCUT2D eigenvalue weighted by molar-refractivity contribution is 6.02. The third-order valence-corrected chi connectivity index (χ3v) is 7.60. The highest BCUT2D eigenvalue weighted by atomic mass is 16.6. The molecule has 0 saturated carbocycles. The largest absolute Gasteiger partial charge is 0.481 e. The number of rotatable bonds is 11. The fraction of sp³-hybridized carbons (Fsp3) is 0.500. The summed E-state index contributed by atoms with van der Waals surface area (Å²) >= 11 is 0. The lowest BCUT2D eigenvalue weighted by atomic mass is 9.90. The Morgan fingerprint density at radius 1 is 0.750 bits per heavy atom. The van der Waals surface area contributed by atoms with Gasteiger partial charge in [-0.1, -0.05) is 60.7 Å². The van der Waals surface area contributed by atoms with Crippen molar-refractivity contribution in [1.29, 1.82) is 0 Å². The molecule has 2 aliphatic heterocycles. The maximum Gasteiger partial charge on any atom is 0.411 e. The molecule has 2 unspecified atom stereocenters. The third kappa shape index (κ3) is 20.8. The number of piperazine rings is 1. The number of hydrogen-bond donors (Lipinski definition) is 3. The Morgan fingerprint density at radius 2 is 1.18 bits per heavy atom. The highest BCUT2D eigenvalue weighted by Gasteiger charge is 2.42. The van der Waals surface area contributed by atoms with Crippen LogP contribution < -0.4 is 5.73 Å². The van der Waals surface area contributed by atoms with Crippen LogP contribution in [0.3, 0.4) is 0 Å². The number of Topliss-reactive ketones (excluding diaryl/α,β-unsaturated/α-hetero) is 2. The van der Waals surface area contributed by atoms with Crippen LogP contribution in [0.2, 0.25) is 0 Å². The lowest BCUT2D eigenvalue weighted by Gasteiger charge is -2.49. The van der Waals surface area contributed by atoms with Gasteiger partial charge in [0.2, 0.25) is 0 Å². The van der Waals surface area contributed by atoms with E-state index in [0.717, 1.165) is 11.4 Å². The van der Waals surface area contributed by atoms with Crippen LogP contribution in [0, 0.1) is 0 Å². The van der Waals surface area contributed by atoms with E-state index in [-0.39, 0.29) is 31.3 Å². The van der Waals surface area contributed by atoms with Gasteiger partial charge in [0.25, 0.3) is 0 Å². The maximum absolute atomic E-state index is 12.4. The first-order valence-corrected chi connectivity index (χ1v) is 18.0. The maximum atomic E-state index is 12.4. The molecule has 2 fully saturated rings. The highest BCUT2D eigenvalue weighted by Crippen LogP contribution is 2.29. The number of carboxylic acid groups (broad SMARTS) is 2. The number of ether oxygens (including phenoxy) is 2. The normalized spacial score (nSPS) is 16.1. The molecule has 4 N–H and O–H groups in total. The Kier molecular flexibility index (Phi) is 20.9. The van der Waals surface area contributed by atoms with Gasteiger partial charge in [-0.15, -0.1) is 0 Å². The van der Waals surface area contributed by atoms with Gasteiger partial charge >= 0.3 is 24.1 Å². The quantitative estimate of drug-likeness (QED) is 0.215. The first-order valence-electron chi connectivity index (χ1n) is 18.0. The van der Waals surface area contributed by atoms with E-state index >= 15 is 0 Å². The molecule has 16 heteroatoms. The minimum absolute atomic E-state index is 0.0812. The number of ketones is 2. The van der Waals surface area contributed by atoms with Crippen LogP contribution in [0.1, 0.15) is 78.4 Å². The lowest BCUT2D eigenvalue weighted by molar-refractivity contribution is -0.143. The smallest absolute Gasteiger partial charge is 0.411 e. The van der Waals surface area contributed by atoms with Crippen molar-refractivity contribution < 1.29 is 58.0 Å². The number of nitrogens with zero attached hydrogens (tertiary/aromatic N) is 3. The van der Waals surface area contributed by atoms with Crippen molar-refractivity contribution in [3.05, 3.63) is 71.8 Å². The number of carbonyl (C=O) groups excluding carboxylic acids is 6. The number of aliphatic carboxylic acids is 2. The number of benzene rings is 2. The van der Waals surface area contributed by atoms with E-state index in [4.69, 9.17) is 25.4 Å². The Morgan fingerprint density at radius 3 is 1.54 bits per heavy atom. The SMILES string of the molecule is CC(C)(C)OC(=O)N(CC=O)CC=O.CC(C)(C)OC(=O)N1CC2CC(=O)CC(C1)N2Cc1ccccc1.NCc1ccccc1.O=C(O)CC(=O)CC(=O)O. The molecule has 0 spiro atoms. The second-order valence-electron chi connectivity index (χ2n) is 14.9. The second kappa shape index (κ2) is 24.1. The fourth-order valence-corrected chi connectivity index (χ4v) is 5.34. The zero-order valence-electron chi connectivity index (χ0n) is 33.0. The van der Waals surface area contributed by atoms with E-state index in [1.165, 1.54) is 11.1 Å². The summed E-state index contributed by atoms with van der Waals surface area (Å²) in [6.45, 7) is 13.1. The van der Waals surface area contributed by atoms with Crippen LogP contribution in [-0.4, -0.2) is 123 Å². The molecule has 0 aliphatic carbocycles. The fourth-order valence-electron chi connectivity index (χ4n) is 5.34. The lowest BCUT2D eigenvalue weighted by Crippen LogP contribution is -2.63. The van der Waals surface area contributed by atoms with Gasteiger partial charge in [-0.3, -0.25) is 29.0 Å². The van der Waals surface area contributed by atoms with Gasteiger partial charge in [0.1, 0.15) is 42.4 Å². The van der Waals surface area contributed by atoms with Gasteiger partial charge in [-0.05, 0) is 52.7 Å². The molecule has 2 aliphatic rings. The van der Waals surface area contributed by atoms with Crippen LogP contribution >= 0.6 is 0 Å². The first-order chi connectivity index (χ1) is 26.2. The molecule has 2 atom stereocenters. The zero-order valence-corrected chi connectivity index (χ0v) is 33.0. The van der Waals surface area contributed by atoms with E-state index in [1.807, 2.05) is 69.3 Å². The summed E-state index contributed by atoms with van der Waals surface area (Å²) in [5.41, 5.74) is 6.66. The third-order valence-electron chi connectivity index (χ3n) is 7.60. The van der Waals surface area contributed by atoms with Gasteiger partial charge in [0, 0.05) is 51.1 Å². The van der Waals surface area contributed by atoms with E-state index in [2.05, 4.69) is 17.0 Å². The molecular formula is C40H56N4O12. The number of aldehydes is 2. The number of carboxylic acids is 2. The molecule has 0 radical (unpaired) electrons.